The predicted molar refractivity (Wildman–Crippen MR) is 83.6 cm³/mol. The molecule has 0 radical (unpaired) electrons. The fraction of sp³-hybridized carbons (Fsp3) is 0.412. The van der Waals surface area contributed by atoms with Crippen molar-refractivity contribution in [2.75, 3.05) is 5.32 Å². The van der Waals surface area contributed by atoms with Crippen LogP contribution in [0.25, 0.3) is 0 Å². The maximum atomic E-state index is 12.7. The van der Waals surface area contributed by atoms with Gasteiger partial charge in [-0.3, -0.25) is 19.3 Å². The number of nitrogens with zero attached hydrogens (tertiary/aromatic N) is 2. The summed E-state index contributed by atoms with van der Waals surface area (Å²) in [6.07, 6.45) is 6.30. The summed E-state index contributed by atoms with van der Waals surface area (Å²) in [5.74, 6) is -1.69. The highest BCUT2D eigenvalue weighted by Gasteiger charge is 2.60. The lowest BCUT2D eigenvalue weighted by Gasteiger charge is -2.23. The number of imide groups is 1. The molecule has 2 aliphatic carbocycles. The van der Waals surface area contributed by atoms with Crippen LogP contribution in [0.1, 0.15) is 13.3 Å². The molecular formula is C17H17N3O4. The number of anilines is 1. The SMILES string of the molecule is C[C@@H](C(=O)Nc1ncccc1O)N1C(=O)[C@@H]2[C@H](C1=O)[C@H]1C=C[C@H]2C1. The van der Waals surface area contributed by atoms with Crippen LogP contribution in [-0.4, -0.2) is 38.8 Å². The minimum Gasteiger partial charge on any atom is -0.504 e. The Morgan fingerprint density at radius 3 is 2.50 bits per heavy atom. The Morgan fingerprint density at radius 2 is 1.92 bits per heavy atom. The first-order valence-electron chi connectivity index (χ1n) is 7.99. The predicted octanol–water partition coefficient (Wildman–Crippen LogP) is 0.921. The van der Waals surface area contributed by atoms with Gasteiger partial charge in [-0.25, -0.2) is 4.98 Å². The molecule has 0 spiro atoms. The number of hydrogen-bond acceptors (Lipinski definition) is 5. The van der Waals surface area contributed by atoms with Gasteiger partial charge in [-0.1, -0.05) is 12.2 Å². The molecule has 1 saturated heterocycles. The molecule has 2 fully saturated rings. The van der Waals surface area contributed by atoms with Crippen LogP contribution in [0.5, 0.6) is 5.75 Å². The third-order valence-electron chi connectivity index (χ3n) is 5.30. The van der Waals surface area contributed by atoms with E-state index in [1.54, 1.807) is 0 Å². The number of allylic oxidation sites excluding steroid dienone is 2. The first-order valence-corrected chi connectivity index (χ1v) is 7.99. The number of hydrogen-bond donors (Lipinski definition) is 2. The summed E-state index contributed by atoms with van der Waals surface area (Å²) >= 11 is 0. The number of fused-ring (bicyclic) bond motifs is 5. The van der Waals surface area contributed by atoms with E-state index >= 15 is 0 Å². The zero-order valence-electron chi connectivity index (χ0n) is 13.0. The Bertz CT molecular complexity index is 745. The first kappa shape index (κ1) is 14.9. The Labute approximate surface area is 138 Å². The maximum absolute atomic E-state index is 12.7. The van der Waals surface area contributed by atoms with Crippen molar-refractivity contribution in [1.29, 1.82) is 0 Å². The normalized spacial score (nSPS) is 31.5. The molecule has 0 unspecified atom stereocenters. The van der Waals surface area contributed by atoms with Gasteiger partial charge in [0.05, 0.1) is 11.8 Å². The second-order valence-corrected chi connectivity index (χ2v) is 6.58. The summed E-state index contributed by atoms with van der Waals surface area (Å²) in [7, 11) is 0. The van der Waals surface area contributed by atoms with Crippen LogP contribution in [0, 0.1) is 23.7 Å². The van der Waals surface area contributed by atoms with Crippen LogP contribution in [-0.2, 0) is 14.4 Å². The standard InChI is InChI=1S/C17H17N3O4/c1-8(15(22)19-14-11(21)3-2-6-18-14)20-16(23)12-9-4-5-10(7-9)13(12)17(20)24/h2-6,8-10,12-13,21H,7H2,1H3,(H,18,19,22)/t8-,9-,10-,12-,13+/m0/s1. The van der Waals surface area contributed by atoms with Gasteiger partial charge < -0.3 is 10.4 Å². The number of aromatic hydroxyl groups is 1. The Kier molecular flexibility index (Phi) is 3.19. The van der Waals surface area contributed by atoms with Crippen molar-refractivity contribution in [2.45, 2.75) is 19.4 Å². The molecule has 124 valence electrons. The fourth-order valence-electron chi connectivity index (χ4n) is 4.14. The molecule has 3 amide bonds. The molecule has 1 aliphatic heterocycles. The van der Waals surface area contributed by atoms with E-state index in [0.717, 1.165) is 11.3 Å². The van der Waals surface area contributed by atoms with Gasteiger partial charge in [0.25, 0.3) is 0 Å². The molecule has 1 aromatic heterocycles. The van der Waals surface area contributed by atoms with Crippen molar-refractivity contribution in [2.24, 2.45) is 23.7 Å². The fourth-order valence-corrected chi connectivity index (χ4v) is 4.14. The van der Waals surface area contributed by atoms with Crippen LogP contribution in [0.3, 0.4) is 0 Å². The molecule has 5 atom stereocenters. The summed E-state index contributed by atoms with van der Waals surface area (Å²) in [5.41, 5.74) is 0. The summed E-state index contributed by atoms with van der Waals surface area (Å²) in [4.78, 5) is 42.7. The lowest BCUT2D eigenvalue weighted by Crippen LogP contribution is -2.46. The largest absolute Gasteiger partial charge is 0.504 e. The minimum atomic E-state index is -0.948. The smallest absolute Gasteiger partial charge is 0.248 e. The Morgan fingerprint density at radius 1 is 1.29 bits per heavy atom. The van der Waals surface area contributed by atoms with E-state index in [9.17, 15) is 19.5 Å². The topological polar surface area (TPSA) is 99.6 Å². The van der Waals surface area contributed by atoms with Gasteiger partial charge in [0.15, 0.2) is 11.6 Å². The molecule has 1 aromatic rings. The monoisotopic (exact) mass is 327 g/mol. The van der Waals surface area contributed by atoms with Gasteiger partial charge in [-0.05, 0) is 37.3 Å². The number of nitrogens with one attached hydrogen (secondary N) is 1. The van der Waals surface area contributed by atoms with E-state index in [1.807, 2.05) is 12.2 Å². The van der Waals surface area contributed by atoms with E-state index in [1.165, 1.54) is 25.3 Å². The molecule has 1 saturated carbocycles. The average Bonchev–Trinajstić information content (AvgIpc) is 3.23. The number of carbonyl (C=O) groups is 3. The van der Waals surface area contributed by atoms with E-state index in [-0.39, 0.29) is 47.1 Å². The molecule has 7 nitrogen and oxygen atoms in total. The zero-order valence-corrected chi connectivity index (χ0v) is 13.0. The molecule has 0 aromatic carbocycles. The van der Waals surface area contributed by atoms with E-state index in [4.69, 9.17) is 0 Å². The Hall–Kier alpha value is -2.70. The Balaban J connectivity index is 1.54. The number of likely N-dealkylation sites (tertiary alicyclic amines) is 1. The van der Waals surface area contributed by atoms with Gasteiger partial charge in [0.2, 0.25) is 17.7 Å². The molecule has 24 heavy (non-hydrogen) atoms. The van der Waals surface area contributed by atoms with Crippen molar-refractivity contribution in [3.8, 4) is 5.75 Å². The van der Waals surface area contributed by atoms with Crippen LogP contribution < -0.4 is 5.32 Å². The lowest BCUT2D eigenvalue weighted by molar-refractivity contribution is -0.146. The van der Waals surface area contributed by atoms with Crippen LogP contribution >= 0.6 is 0 Å². The number of aromatic nitrogens is 1. The zero-order chi connectivity index (χ0) is 17.0. The third kappa shape index (κ3) is 1.97. The second-order valence-electron chi connectivity index (χ2n) is 6.58. The number of pyridine rings is 1. The van der Waals surface area contributed by atoms with Crippen molar-refractivity contribution in [3.63, 3.8) is 0 Å². The molecule has 3 aliphatic rings. The third-order valence-corrected chi connectivity index (χ3v) is 5.30. The molecule has 2 bridgehead atoms. The number of amides is 3. The summed E-state index contributed by atoms with van der Waals surface area (Å²) in [6.45, 7) is 1.52. The van der Waals surface area contributed by atoms with Gasteiger partial charge in [0, 0.05) is 6.20 Å². The molecule has 2 N–H and O–H groups in total. The molecule has 7 heteroatoms. The van der Waals surface area contributed by atoms with Gasteiger partial charge >= 0.3 is 0 Å². The van der Waals surface area contributed by atoms with E-state index in [2.05, 4.69) is 10.3 Å². The number of carbonyl (C=O) groups excluding carboxylic acids is 3. The summed E-state index contributed by atoms with van der Waals surface area (Å²) < 4.78 is 0. The first-order chi connectivity index (χ1) is 11.5. The van der Waals surface area contributed by atoms with Crippen LogP contribution in [0.15, 0.2) is 30.5 Å². The molecule has 2 heterocycles. The van der Waals surface area contributed by atoms with Crippen molar-refractivity contribution < 1.29 is 19.5 Å². The van der Waals surface area contributed by atoms with Crippen LogP contribution in [0.2, 0.25) is 0 Å². The van der Waals surface area contributed by atoms with Gasteiger partial charge in [-0.15, -0.1) is 0 Å². The summed E-state index contributed by atoms with van der Waals surface area (Å²) in [6, 6.07) is 1.98. The second kappa shape index (κ2) is 5.15. The molecule has 4 rings (SSSR count). The lowest BCUT2D eigenvalue weighted by atomic mass is 9.85. The van der Waals surface area contributed by atoms with Crippen molar-refractivity contribution in [1.82, 2.24) is 9.88 Å². The van der Waals surface area contributed by atoms with E-state index in [0.29, 0.717) is 0 Å². The van der Waals surface area contributed by atoms with Crippen molar-refractivity contribution in [3.05, 3.63) is 30.5 Å². The van der Waals surface area contributed by atoms with E-state index < -0.39 is 11.9 Å². The number of rotatable bonds is 3. The van der Waals surface area contributed by atoms with Gasteiger partial charge in [0.1, 0.15) is 6.04 Å². The average molecular weight is 327 g/mol. The molecular weight excluding hydrogens is 310 g/mol. The highest BCUT2D eigenvalue weighted by molar-refractivity contribution is 6.10. The summed E-state index contributed by atoms with van der Waals surface area (Å²) in [5, 5.41) is 12.2. The minimum absolute atomic E-state index is 0.00961. The quantitative estimate of drug-likeness (QED) is 0.635. The highest BCUT2D eigenvalue weighted by atomic mass is 16.3. The van der Waals surface area contributed by atoms with Crippen molar-refractivity contribution >= 4 is 23.5 Å². The van der Waals surface area contributed by atoms with Crippen LogP contribution in [0.4, 0.5) is 5.82 Å². The highest BCUT2D eigenvalue weighted by Crippen LogP contribution is 2.52. The van der Waals surface area contributed by atoms with Gasteiger partial charge in [-0.2, -0.15) is 0 Å². The maximum Gasteiger partial charge on any atom is 0.248 e.